The van der Waals surface area contributed by atoms with Crippen molar-refractivity contribution in [2.24, 2.45) is 0 Å². The van der Waals surface area contributed by atoms with Crippen LogP contribution >= 0.6 is 0 Å². The molecule has 3 heteroatoms. The fourth-order valence-electron chi connectivity index (χ4n) is 2.03. The van der Waals surface area contributed by atoms with Crippen LogP contribution in [0.3, 0.4) is 0 Å². The number of hydrogen-bond acceptors (Lipinski definition) is 2. The number of epoxide rings is 2. The Bertz CT molecular complexity index is 250. The number of fused-ring (bicyclic) bond motifs is 2. The molecule has 0 aromatic rings. The van der Waals surface area contributed by atoms with Gasteiger partial charge >= 0.3 is 0 Å². The summed E-state index contributed by atoms with van der Waals surface area (Å²) in [5.41, 5.74) is 1.16. The summed E-state index contributed by atoms with van der Waals surface area (Å²) in [5.74, 6) is 0. The van der Waals surface area contributed by atoms with Gasteiger partial charge in [-0.05, 0) is 6.92 Å². The molecular weight excluding hydrogens is 142 g/mol. The minimum atomic E-state index is -0.0474. The summed E-state index contributed by atoms with van der Waals surface area (Å²) >= 11 is 0. The Morgan fingerprint density at radius 2 is 2.45 bits per heavy atom. The summed E-state index contributed by atoms with van der Waals surface area (Å²) in [5, 5.41) is 1.87. The zero-order valence-electron chi connectivity index (χ0n) is 6.41. The molecule has 1 aliphatic carbocycles. The molecule has 0 saturated carbocycles. The molecule has 3 aliphatic rings. The molecule has 4 unspecified atom stereocenters. The highest BCUT2D eigenvalue weighted by Gasteiger charge is 2.73. The van der Waals surface area contributed by atoms with E-state index in [0.717, 1.165) is 0 Å². The zero-order valence-corrected chi connectivity index (χ0v) is 6.41. The van der Waals surface area contributed by atoms with Crippen molar-refractivity contribution in [2.75, 3.05) is 0 Å². The predicted octanol–water partition coefficient (Wildman–Crippen LogP) is -0.836. The van der Waals surface area contributed by atoms with Crippen LogP contribution in [0.2, 0.25) is 0 Å². The summed E-state index contributed by atoms with van der Waals surface area (Å²) < 4.78 is 10.9. The van der Waals surface area contributed by atoms with Crippen LogP contribution in [0.25, 0.3) is 0 Å². The van der Waals surface area contributed by atoms with E-state index in [0.29, 0.717) is 18.3 Å². The summed E-state index contributed by atoms with van der Waals surface area (Å²) in [4.78, 5) is 0. The Morgan fingerprint density at radius 3 is 2.82 bits per heavy atom. The van der Waals surface area contributed by atoms with Crippen LogP contribution in [0, 0.1) is 7.05 Å². The molecule has 60 valence electrons. The zero-order chi connectivity index (χ0) is 7.64. The maximum atomic E-state index is 5.50. The summed E-state index contributed by atoms with van der Waals surface area (Å²) in [6, 6.07) is 0. The van der Waals surface area contributed by atoms with Gasteiger partial charge in [-0.2, -0.15) is 0 Å². The molecule has 0 aromatic carbocycles. The third-order valence-electron chi connectivity index (χ3n) is 2.85. The van der Waals surface area contributed by atoms with Gasteiger partial charge in [0.25, 0.3) is 0 Å². The first-order chi connectivity index (χ1) is 5.28. The standard InChI is InChI=1S/C8H11NO2/c1-4-8(11-4)3-5(9-2)6-7(8)10-6/h3-4,6-7H,2,9H2,1H3. The van der Waals surface area contributed by atoms with Crippen molar-refractivity contribution in [1.82, 2.24) is 0 Å². The van der Waals surface area contributed by atoms with E-state index < -0.39 is 0 Å². The van der Waals surface area contributed by atoms with Gasteiger partial charge in [-0.3, -0.25) is 0 Å². The number of quaternary nitrogens is 1. The summed E-state index contributed by atoms with van der Waals surface area (Å²) in [6.45, 7) is 2.08. The molecule has 3 nitrogen and oxygen atoms in total. The Hall–Kier alpha value is -0.380. The smallest absolute Gasteiger partial charge is 0.159 e. The van der Waals surface area contributed by atoms with Crippen LogP contribution in [0.5, 0.6) is 0 Å². The van der Waals surface area contributed by atoms with Crippen molar-refractivity contribution >= 4 is 0 Å². The molecule has 0 amide bonds. The monoisotopic (exact) mass is 153 g/mol. The quantitative estimate of drug-likeness (QED) is 0.394. The third kappa shape index (κ3) is 0.559. The molecule has 0 bridgehead atoms. The van der Waals surface area contributed by atoms with Gasteiger partial charge in [-0.15, -0.1) is 7.05 Å². The largest absolute Gasteiger partial charge is 0.447 e. The van der Waals surface area contributed by atoms with E-state index in [1.807, 2.05) is 5.32 Å². The lowest BCUT2D eigenvalue weighted by molar-refractivity contribution is -0.546. The number of ether oxygens (including phenoxy) is 2. The first kappa shape index (κ1) is 6.17. The van der Waals surface area contributed by atoms with Gasteiger partial charge in [0.1, 0.15) is 17.4 Å². The Labute approximate surface area is 65.4 Å². The molecule has 2 N–H and O–H groups in total. The van der Waals surface area contributed by atoms with E-state index in [1.54, 1.807) is 0 Å². The maximum Gasteiger partial charge on any atom is 0.159 e. The molecule has 3 rings (SSSR count). The maximum absolute atomic E-state index is 5.50. The van der Waals surface area contributed by atoms with E-state index in [4.69, 9.17) is 9.47 Å². The number of rotatable bonds is 1. The van der Waals surface area contributed by atoms with Gasteiger partial charge in [-0.1, -0.05) is 0 Å². The Morgan fingerprint density at radius 1 is 1.73 bits per heavy atom. The van der Waals surface area contributed by atoms with Crippen molar-refractivity contribution in [2.45, 2.75) is 30.8 Å². The van der Waals surface area contributed by atoms with Gasteiger partial charge in [0, 0.05) is 6.08 Å². The molecule has 2 fully saturated rings. The molecule has 2 saturated heterocycles. The van der Waals surface area contributed by atoms with Crippen molar-refractivity contribution < 1.29 is 14.8 Å². The van der Waals surface area contributed by atoms with Gasteiger partial charge in [-0.25, -0.2) is 0 Å². The highest BCUT2D eigenvalue weighted by atomic mass is 16.7. The third-order valence-corrected chi connectivity index (χ3v) is 2.85. The minimum Gasteiger partial charge on any atom is -0.447 e. The summed E-state index contributed by atoms with van der Waals surface area (Å²) in [6.07, 6.45) is 3.13. The van der Waals surface area contributed by atoms with Crippen molar-refractivity contribution in [3.63, 3.8) is 0 Å². The van der Waals surface area contributed by atoms with Crippen LogP contribution < -0.4 is 5.32 Å². The van der Waals surface area contributed by atoms with Crippen LogP contribution in [0.1, 0.15) is 6.92 Å². The molecule has 4 atom stereocenters. The van der Waals surface area contributed by atoms with Crippen LogP contribution in [-0.4, -0.2) is 23.9 Å². The molecule has 11 heavy (non-hydrogen) atoms. The molecule has 0 radical (unpaired) electrons. The van der Waals surface area contributed by atoms with Crippen molar-refractivity contribution in [1.29, 1.82) is 0 Å². The van der Waals surface area contributed by atoms with Crippen molar-refractivity contribution in [3.8, 4) is 0 Å². The summed E-state index contributed by atoms with van der Waals surface area (Å²) in [7, 11) is 3.73. The fraction of sp³-hybridized carbons (Fsp3) is 0.625. The van der Waals surface area contributed by atoms with Crippen molar-refractivity contribution in [3.05, 3.63) is 18.8 Å². The SMILES string of the molecule is [CH2-][NH2+]C1=CC2(OC2C)C2OC12. The molecule has 2 aliphatic heterocycles. The second kappa shape index (κ2) is 1.53. The topological polar surface area (TPSA) is 41.7 Å². The van der Waals surface area contributed by atoms with E-state index >= 15 is 0 Å². The van der Waals surface area contributed by atoms with Crippen LogP contribution in [-0.2, 0) is 9.47 Å². The molecular formula is C8H11NO2. The fourth-order valence-corrected chi connectivity index (χ4v) is 2.03. The predicted molar refractivity (Wildman–Crippen MR) is 37.3 cm³/mol. The first-order valence-electron chi connectivity index (χ1n) is 3.96. The normalized spacial score (nSPS) is 57.6. The lowest BCUT2D eigenvalue weighted by Gasteiger charge is -2.00. The highest BCUT2D eigenvalue weighted by molar-refractivity contribution is 5.37. The lowest BCUT2D eigenvalue weighted by Crippen LogP contribution is -2.75. The van der Waals surface area contributed by atoms with E-state index in [-0.39, 0.29) is 5.60 Å². The van der Waals surface area contributed by atoms with E-state index in [1.165, 1.54) is 5.70 Å². The van der Waals surface area contributed by atoms with E-state index in [2.05, 4.69) is 20.0 Å². The molecule has 1 spiro atoms. The minimum absolute atomic E-state index is 0.0474. The molecule has 2 heterocycles. The van der Waals surface area contributed by atoms with Crippen LogP contribution in [0.15, 0.2) is 11.8 Å². The van der Waals surface area contributed by atoms with Gasteiger partial charge in [0.15, 0.2) is 6.10 Å². The Kier molecular flexibility index (Phi) is 0.858. The first-order valence-corrected chi connectivity index (χ1v) is 3.96. The average molecular weight is 153 g/mol. The lowest BCUT2D eigenvalue weighted by atomic mass is 10.1. The average Bonchev–Trinajstić information content (AvgIpc) is 2.82. The van der Waals surface area contributed by atoms with Crippen LogP contribution in [0.4, 0.5) is 0 Å². The van der Waals surface area contributed by atoms with Gasteiger partial charge in [0.2, 0.25) is 0 Å². The van der Waals surface area contributed by atoms with E-state index in [9.17, 15) is 0 Å². The second-order valence-corrected chi connectivity index (χ2v) is 3.44. The number of nitrogens with two attached hydrogens (primary N) is 1. The van der Waals surface area contributed by atoms with Gasteiger partial charge < -0.3 is 14.8 Å². The molecule has 0 aromatic heterocycles. The van der Waals surface area contributed by atoms with Gasteiger partial charge in [0.05, 0.1) is 6.10 Å². The second-order valence-electron chi connectivity index (χ2n) is 3.44. The highest BCUT2D eigenvalue weighted by Crippen LogP contribution is 2.55. The Balaban J connectivity index is 1.95. The number of hydrogen-bond donors (Lipinski definition) is 1.